The second kappa shape index (κ2) is 3.56. The van der Waals surface area contributed by atoms with E-state index in [0.717, 1.165) is 0 Å². The number of rotatable bonds is 2. The van der Waals surface area contributed by atoms with Crippen LogP contribution in [-0.4, -0.2) is 21.9 Å². The van der Waals surface area contributed by atoms with Crippen LogP contribution in [0.1, 0.15) is 0 Å². The van der Waals surface area contributed by atoms with Crippen molar-refractivity contribution < 1.29 is 9.13 Å². The van der Waals surface area contributed by atoms with E-state index in [0.29, 0.717) is 5.69 Å². The lowest BCUT2D eigenvalue weighted by Crippen LogP contribution is -2.02. The summed E-state index contributed by atoms with van der Waals surface area (Å²) in [6, 6.07) is 2.66. The summed E-state index contributed by atoms with van der Waals surface area (Å²) < 4.78 is 19.5. The lowest BCUT2D eigenvalue weighted by atomic mass is 10.2. The van der Waals surface area contributed by atoms with Gasteiger partial charge in [-0.25, -0.2) is 14.1 Å². The van der Waals surface area contributed by atoms with Crippen molar-refractivity contribution in [2.24, 2.45) is 0 Å². The molecule has 0 saturated carbocycles. The summed E-state index contributed by atoms with van der Waals surface area (Å²) in [5.41, 5.74) is 6.46. The molecule has 0 amide bonds. The van der Waals surface area contributed by atoms with Gasteiger partial charge in [0.2, 0.25) is 0 Å². The van der Waals surface area contributed by atoms with Gasteiger partial charge in [-0.15, -0.1) is 0 Å². The molecule has 0 aliphatic rings. The van der Waals surface area contributed by atoms with E-state index in [2.05, 4.69) is 10.1 Å². The summed E-state index contributed by atoms with van der Waals surface area (Å²) in [5.74, 6) is -0.381. The summed E-state index contributed by atoms with van der Waals surface area (Å²) in [6.07, 6.45) is 2.85. The smallest absolute Gasteiger partial charge is 0.167 e. The predicted molar refractivity (Wildman–Crippen MR) is 52.3 cm³/mol. The molecule has 0 unspecified atom stereocenters. The number of anilines is 1. The number of aromatic nitrogens is 3. The number of benzene rings is 1. The maximum atomic E-state index is 13.2. The zero-order valence-corrected chi connectivity index (χ0v) is 8.01. The van der Waals surface area contributed by atoms with Crippen molar-refractivity contribution in [1.82, 2.24) is 14.8 Å². The van der Waals surface area contributed by atoms with Crippen molar-refractivity contribution in [2.45, 2.75) is 0 Å². The number of ether oxygens (including phenoxy) is 1. The molecule has 78 valence electrons. The molecule has 1 aromatic heterocycles. The van der Waals surface area contributed by atoms with Crippen LogP contribution in [0.5, 0.6) is 5.75 Å². The van der Waals surface area contributed by atoms with Crippen molar-refractivity contribution in [3.8, 4) is 11.4 Å². The van der Waals surface area contributed by atoms with Crippen LogP contribution in [0.4, 0.5) is 10.1 Å². The molecule has 0 bridgehead atoms. The first-order valence-corrected chi connectivity index (χ1v) is 4.20. The molecule has 15 heavy (non-hydrogen) atoms. The van der Waals surface area contributed by atoms with Crippen molar-refractivity contribution in [2.75, 3.05) is 12.8 Å². The highest BCUT2D eigenvalue weighted by Crippen LogP contribution is 2.25. The number of nitrogen functional groups attached to an aromatic ring is 1. The Bertz CT molecular complexity index is 469. The Labute approximate surface area is 85.3 Å². The number of hydrogen-bond donors (Lipinski definition) is 1. The van der Waals surface area contributed by atoms with Crippen LogP contribution in [0.2, 0.25) is 0 Å². The molecule has 1 aromatic carbocycles. The van der Waals surface area contributed by atoms with Crippen LogP contribution >= 0.6 is 0 Å². The second-order valence-corrected chi connectivity index (χ2v) is 2.89. The minimum absolute atomic E-state index is 0.120. The van der Waals surface area contributed by atoms with Gasteiger partial charge in [0.05, 0.1) is 18.5 Å². The van der Waals surface area contributed by atoms with Gasteiger partial charge in [-0.05, 0) is 0 Å². The van der Waals surface area contributed by atoms with Gasteiger partial charge in [0.15, 0.2) is 11.6 Å². The van der Waals surface area contributed by atoms with E-state index in [1.54, 1.807) is 0 Å². The third kappa shape index (κ3) is 1.61. The van der Waals surface area contributed by atoms with Crippen LogP contribution in [0.25, 0.3) is 5.69 Å². The molecule has 1 heterocycles. The molecule has 2 rings (SSSR count). The van der Waals surface area contributed by atoms with E-state index in [1.165, 1.54) is 36.6 Å². The van der Waals surface area contributed by atoms with E-state index in [-0.39, 0.29) is 11.4 Å². The lowest BCUT2D eigenvalue weighted by molar-refractivity contribution is 0.386. The summed E-state index contributed by atoms with van der Waals surface area (Å²) in [4.78, 5) is 3.78. The number of nitrogens with two attached hydrogens (primary N) is 1. The molecule has 2 aromatic rings. The molecule has 0 aliphatic carbocycles. The first-order valence-electron chi connectivity index (χ1n) is 4.20. The Morgan fingerprint density at radius 1 is 1.47 bits per heavy atom. The second-order valence-electron chi connectivity index (χ2n) is 2.89. The summed E-state index contributed by atoms with van der Waals surface area (Å²) in [7, 11) is 1.39. The number of methoxy groups -OCH3 is 1. The summed E-state index contributed by atoms with van der Waals surface area (Å²) >= 11 is 0. The van der Waals surface area contributed by atoms with E-state index in [1.807, 2.05) is 0 Å². The Hall–Kier alpha value is -2.11. The normalized spacial score (nSPS) is 10.3. The van der Waals surface area contributed by atoms with Crippen molar-refractivity contribution in [3.05, 3.63) is 30.6 Å². The quantitative estimate of drug-likeness (QED) is 0.747. The van der Waals surface area contributed by atoms with Crippen LogP contribution in [0, 0.1) is 5.82 Å². The Morgan fingerprint density at radius 3 is 2.87 bits per heavy atom. The van der Waals surface area contributed by atoms with Crippen LogP contribution in [0.3, 0.4) is 0 Å². The highest BCUT2D eigenvalue weighted by molar-refractivity contribution is 5.60. The molecular formula is C9H9FN4O. The monoisotopic (exact) mass is 208 g/mol. The number of halogens is 1. The van der Waals surface area contributed by atoms with Gasteiger partial charge < -0.3 is 10.5 Å². The molecular weight excluding hydrogens is 199 g/mol. The highest BCUT2D eigenvalue weighted by Gasteiger charge is 2.09. The van der Waals surface area contributed by atoms with Crippen LogP contribution < -0.4 is 10.5 Å². The van der Waals surface area contributed by atoms with E-state index in [4.69, 9.17) is 10.5 Å². The third-order valence-electron chi connectivity index (χ3n) is 1.97. The number of nitrogens with zero attached hydrogens (tertiary/aromatic N) is 3. The maximum absolute atomic E-state index is 13.2. The van der Waals surface area contributed by atoms with Gasteiger partial charge in [0, 0.05) is 12.1 Å². The average molecular weight is 208 g/mol. The van der Waals surface area contributed by atoms with Gasteiger partial charge in [0.1, 0.15) is 12.7 Å². The first kappa shape index (κ1) is 9.45. The molecule has 0 aliphatic heterocycles. The van der Waals surface area contributed by atoms with Gasteiger partial charge >= 0.3 is 0 Å². The fourth-order valence-electron chi connectivity index (χ4n) is 1.25. The Morgan fingerprint density at radius 2 is 2.27 bits per heavy atom. The highest BCUT2D eigenvalue weighted by atomic mass is 19.1. The zero-order valence-electron chi connectivity index (χ0n) is 8.01. The third-order valence-corrected chi connectivity index (χ3v) is 1.97. The average Bonchev–Trinajstić information content (AvgIpc) is 2.71. The van der Waals surface area contributed by atoms with Crippen molar-refractivity contribution >= 4 is 5.69 Å². The fourth-order valence-corrected chi connectivity index (χ4v) is 1.25. The summed E-state index contributed by atoms with van der Waals surface area (Å²) in [5, 5.41) is 3.90. The molecule has 2 N–H and O–H groups in total. The van der Waals surface area contributed by atoms with Crippen LogP contribution in [0.15, 0.2) is 24.8 Å². The van der Waals surface area contributed by atoms with Crippen molar-refractivity contribution in [1.29, 1.82) is 0 Å². The zero-order chi connectivity index (χ0) is 10.8. The van der Waals surface area contributed by atoms with Gasteiger partial charge in [0.25, 0.3) is 0 Å². The Kier molecular flexibility index (Phi) is 2.24. The predicted octanol–water partition coefficient (Wildman–Crippen LogP) is 0.997. The summed E-state index contributed by atoms with van der Waals surface area (Å²) in [6.45, 7) is 0. The van der Waals surface area contributed by atoms with E-state index >= 15 is 0 Å². The molecule has 5 nitrogen and oxygen atoms in total. The first-order chi connectivity index (χ1) is 7.22. The van der Waals surface area contributed by atoms with Gasteiger partial charge in [-0.1, -0.05) is 0 Å². The molecule has 0 radical (unpaired) electrons. The topological polar surface area (TPSA) is 66.0 Å². The van der Waals surface area contributed by atoms with E-state index in [9.17, 15) is 4.39 Å². The van der Waals surface area contributed by atoms with Gasteiger partial charge in [-0.2, -0.15) is 5.10 Å². The minimum atomic E-state index is -0.501. The molecule has 0 fully saturated rings. The minimum Gasteiger partial charge on any atom is -0.494 e. The van der Waals surface area contributed by atoms with Gasteiger partial charge in [-0.3, -0.25) is 0 Å². The fraction of sp³-hybridized carbons (Fsp3) is 0.111. The standard InChI is InChI=1S/C9H9FN4O/c1-15-9-3-8(7(11)2-6(9)10)14-5-12-4-13-14/h2-5H,11H2,1H3. The Balaban J connectivity index is 2.57. The van der Waals surface area contributed by atoms with Crippen molar-refractivity contribution in [3.63, 3.8) is 0 Å². The molecule has 0 spiro atoms. The number of hydrogen-bond acceptors (Lipinski definition) is 4. The molecule has 6 heteroatoms. The lowest BCUT2D eigenvalue weighted by Gasteiger charge is -2.08. The van der Waals surface area contributed by atoms with Crippen LogP contribution in [-0.2, 0) is 0 Å². The largest absolute Gasteiger partial charge is 0.494 e. The van der Waals surface area contributed by atoms with E-state index < -0.39 is 5.82 Å². The maximum Gasteiger partial charge on any atom is 0.167 e. The molecule has 0 saturated heterocycles. The molecule has 0 atom stereocenters. The SMILES string of the molecule is COc1cc(-n2cncn2)c(N)cc1F.